The molecule has 0 radical (unpaired) electrons. The first-order valence-corrected chi connectivity index (χ1v) is 9.20. The summed E-state index contributed by atoms with van der Waals surface area (Å²) in [6.45, 7) is 0.449. The summed E-state index contributed by atoms with van der Waals surface area (Å²) in [5.41, 5.74) is 0.671. The molecule has 128 valence electrons. The number of likely N-dealkylation sites (N-methyl/N-ethyl adjacent to an activating group) is 1. The van der Waals surface area contributed by atoms with Crippen LogP contribution in [0.4, 0.5) is 4.39 Å². The Morgan fingerprint density at radius 2 is 1.96 bits per heavy atom. The second kappa shape index (κ2) is 7.85. The number of carbonyl (C=O) groups excluding carboxylic acids is 1. The molecule has 0 heterocycles. The average molecular weight is 343 g/mol. The van der Waals surface area contributed by atoms with E-state index in [4.69, 9.17) is 0 Å². The number of nitrogens with one attached hydrogen (secondary N) is 2. The molecule has 0 aromatic heterocycles. The highest BCUT2D eigenvalue weighted by Gasteiger charge is 2.27. The smallest absolute Gasteiger partial charge is 0.234 e. The minimum absolute atomic E-state index is 0.0656. The standard InChI is InChI=1S/C15H22FN3O3S/c1-19(14-6-7-14)11-15(20)17-8-9-23(21,22)18-10-12-2-4-13(16)5-3-12/h2-5,14,18H,6-11H2,1H3,(H,17,20). The van der Waals surface area contributed by atoms with Crippen molar-refractivity contribution in [3.8, 4) is 0 Å². The molecule has 1 aliphatic carbocycles. The van der Waals surface area contributed by atoms with Crippen LogP contribution in [0.2, 0.25) is 0 Å². The Morgan fingerprint density at radius 1 is 1.30 bits per heavy atom. The fraction of sp³-hybridized carbons (Fsp3) is 0.533. The Bertz CT molecular complexity index is 630. The van der Waals surface area contributed by atoms with Gasteiger partial charge in [-0.05, 0) is 37.6 Å². The van der Waals surface area contributed by atoms with Crippen LogP contribution in [0.15, 0.2) is 24.3 Å². The second-order valence-electron chi connectivity index (χ2n) is 5.76. The summed E-state index contributed by atoms with van der Waals surface area (Å²) >= 11 is 0. The van der Waals surface area contributed by atoms with Gasteiger partial charge in [0.25, 0.3) is 0 Å². The van der Waals surface area contributed by atoms with Gasteiger partial charge in [-0.2, -0.15) is 0 Å². The monoisotopic (exact) mass is 343 g/mol. The van der Waals surface area contributed by atoms with E-state index in [0.29, 0.717) is 11.6 Å². The van der Waals surface area contributed by atoms with E-state index in [2.05, 4.69) is 10.0 Å². The molecule has 1 aliphatic rings. The van der Waals surface area contributed by atoms with Gasteiger partial charge in [-0.1, -0.05) is 12.1 Å². The van der Waals surface area contributed by atoms with E-state index in [9.17, 15) is 17.6 Å². The largest absolute Gasteiger partial charge is 0.354 e. The van der Waals surface area contributed by atoms with Crippen LogP contribution in [0.1, 0.15) is 18.4 Å². The number of rotatable bonds is 9. The maximum absolute atomic E-state index is 12.8. The van der Waals surface area contributed by atoms with E-state index in [0.717, 1.165) is 12.8 Å². The van der Waals surface area contributed by atoms with Crippen LogP contribution in [0.25, 0.3) is 0 Å². The first-order valence-electron chi connectivity index (χ1n) is 7.54. The zero-order chi connectivity index (χ0) is 16.9. The predicted molar refractivity (Wildman–Crippen MR) is 85.7 cm³/mol. The minimum Gasteiger partial charge on any atom is -0.354 e. The lowest BCUT2D eigenvalue weighted by Gasteiger charge is -2.15. The summed E-state index contributed by atoms with van der Waals surface area (Å²) in [7, 11) is -1.60. The number of amides is 1. The quantitative estimate of drug-likeness (QED) is 0.683. The van der Waals surface area contributed by atoms with Gasteiger partial charge in [-0.15, -0.1) is 0 Å². The van der Waals surface area contributed by atoms with Crippen LogP contribution in [0, 0.1) is 5.82 Å². The van der Waals surface area contributed by atoms with Crippen molar-refractivity contribution in [3.63, 3.8) is 0 Å². The molecule has 0 spiro atoms. The molecule has 6 nitrogen and oxygen atoms in total. The number of nitrogens with zero attached hydrogens (tertiary/aromatic N) is 1. The van der Waals surface area contributed by atoms with Crippen molar-refractivity contribution in [2.75, 3.05) is 25.9 Å². The third kappa shape index (κ3) is 6.64. The van der Waals surface area contributed by atoms with Gasteiger partial charge in [0.05, 0.1) is 12.3 Å². The first kappa shape index (κ1) is 17.8. The summed E-state index contributed by atoms with van der Waals surface area (Å²) in [4.78, 5) is 13.6. The lowest BCUT2D eigenvalue weighted by molar-refractivity contribution is -0.121. The molecule has 2 rings (SSSR count). The van der Waals surface area contributed by atoms with Crippen LogP contribution >= 0.6 is 0 Å². The maximum atomic E-state index is 12.8. The van der Waals surface area contributed by atoms with Crippen molar-refractivity contribution < 1.29 is 17.6 Å². The molecule has 1 saturated carbocycles. The summed E-state index contributed by atoms with van der Waals surface area (Å²) in [5.74, 6) is -0.726. The van der Waals surface area contributed by atoms with Gasteiger partial charge in [0.15, 0.2) is 0 Å². The summed E-state index contributed by atoms with van der Waals surface area (Å²) in [6, 6.07) is 6.09. The molecule has 1 aromatic rings. The van der Waals surface area contributed by atoms with E-state index >= 15 is 0 Å². The molecule has 0 unspecified atom stereocenters. The lowest BCUT2D eigenvalue weighted by atomic mass is 10.2. The highest BCUT2D eigenvalue weighted by molar-refractivity contribution is 7.89. The summed E-state index contributed by atoms with van der Waals surface area (Å²) in [5, 5.41) is 2.61. The van der Waals surface area contributed by atoms with Crippen molar-refractivity contribution in [3.05, 3.63) is 35.6 Å². The maximum Gasteiger partial charge on any atom is 0.234 e. The number of halogens is 1. The van der Waals surface area contributed by atoms with Gasteiger partial charge in [-0.25, -0.2) is 17.5 Å². The molecule has 23 heavy (non-hydrogen) atoms. The molecule has 8 heteroatoms. The SMILES string of the molecule is CN(CC(=O)NCCS(=O)(=O)NCc1ccc(F)cc1)C1CC1. The number of carbonyl (C=O) groups is 1. The molecule has 0 saturated heterocycles. The fourth-order valence-electron chi connectivity index (χ4n) is 2.12. The second-order valence-corrected chi connectivity index (χ2v) is 7.69. The van der Waals surface area contributed by atoms with E-state index in [-0.39, 0.29) is 37.1 Å². The molecule has 2 N–H and O–H groups in total. The van der Waals surface area contributed by atoms with Gasteiger partial charge in [0.1, 0.15) is 5.82 Å². The molecular formula is C15H22FN3O3S. The van der Waals surface area contributed by atoms with Gasteiger partial charge in [0, 0.05) is 19.1 Å². The molecule has 1 amide bonds. The van der Waals surface area contributed by atoms with Gasteiger partial charge in [-0.3, -0.25) is 9.69 Å². The molecule has 0 atom stereocenters. The van der Waals surface area contributed by atoms with Crippen molar-refractivity contribution in [2.24, 2.45) is 0 Å². The normalized spacial score (nSPS) is 14.9. The highest BCUT2D eigenvalue weighted by atomic mass is 32.2. The van der Waals surface area contributed by atoms with E-state index < -0.39 is 10.0 Å². The Labute approximate surface area is 136 Å². The number of sulfonamides is 1. The number of benzene rings is 1. The Balaban J connectivity index is 1.66. The van der Waals surface area contributed by atoms with Gasteiger partial charge in [0.2, 0.25) is 15.9 Å². The van der Waals surface area contributed by atoms with E-state index in [1.807, 2.05) is 11.9 Å². The fourth-order valence-corrected chi connectivity index (χ4v) is 3.02. The molecule has 0 bridgehead atoms. The Kier molecular flexibility index (Phi) is 6.09. The molecule has 0 aliphatic heterocycles. The average Bonchev–Trinajstić information content (AvgIpc) is 3.31. The molecule has 1 aromatic carbocycles. The van der Waals surface area contributed by atoms with Crippen LogP contribution < -0.4 is 10.0 Å². The topological polar surface area (TPSA) is 78.5 Å². The van der Waals surface area contributed by atoms with E-state index in [1.54, 1.807) is 0 Å². The molecule has 1 fully saturated rings. The van der Waals surface area contributed by atoms with Crippen LogP contribution in [0.3, 0.4) is 0 Å². The van der Waals surface area contributed by atoms with Gasteiger partial charge >= 0.3 is 0 Å². The Morgan fingerprint density at radius 3 is 2.57 bits per heavy atom. The van der Waals surface area contributed by atoms with Crippen LogP contribution in [-0.4, -0.2) is 51.2 Å². The summed E-state index contributed by atoms with van der Waals surface area (Å²) in [6.07, 6.45) is 2.23. The van der Waals surface area contributed by atoms with Crippen molar-refractivity contribution in [1.82, 2.24) is 14.9 Å². The zero-order valence-corrected chi connectivity index (χ0v) is 13.9. The van der Waals surface area contributed by atoms with Crippen LogP contribution in [0.5, 0.6) is 0 Å². The number of hydrogen-bond acceptors (Lipinski definition) is 4. The van der Waals surface area contributed by atoms with Gasteiger partial charge < -0.3 is 5.32 Å². The van der Waals surface area contributed by atoms with Crippen molar-refractivity contribution >= 4 is 15.9 Å². The highest BCUT2D eigenvalue weighted by Crippen LogP contribution is 2.24. The number of hydrogen-bond donors (Lipinski definition) is 2. The first-order chi connectivity index (χ1) is 10.9. The third-order valence-electron chi connectivity index (χ3n) is 3.67. The minimum atomic E-state index is -3.49. The van der Waals surface area contributed by atoms with E-state index in [1.165, 1.54) is 24.3 Å². The lowest BCUT2D eigenvalue weighted by Crippen LogP contribution is -2.39. The molecular weight excluding hydrogens is 321 g/mol. The Hall–Kier alpha value is -1.51. The van der Waals surface area contributed by atoms with Crippen molar-refractivity contribution in [1.29, 1.82) is 0 Å². The van der Waals surface area contributed by atoms with Crippen molar-refractivity contribution in [2.45, 2.75) is 25.4 Å². The zero-order valence-electron chi connectivity index (χ0n) is 13.1. The van der Waals surface area contributed by atoms with Crippen LogP contribution in [-0.2, 0) is 21.4 Å². The summed E-state index contributed by atoms with van der Waals surface area (Å²) < 4.78 is 38.9. The predicted octanol–water partition coefficient (Wildman–Crippen LogP) is 0.456. The third-order valence-corrected chi connectivity index (χ3v) is 4.99.